The Morgan fingerprint density at radius 1 is 0.898 bits per heavy atom. The number of alkyl halides is 3. The van der Waals surface area contributed by atoms with Crippen LogP contribution in [0.25, 0.3) is 33.4 Å². The molecule has 0 saturated carbocycles. The predicted octanol–water partition coefficient (Wildman–Crippen LogP) is 4.41. The second-order valence-corrected chi connectivity index (χ2v) is 12.9. The van der Waals surface area contributed by atoms with Crippen LogP contribution in [0.4, 0.5) is 14.5 Å². The van der Waals surface area contributed by atoms with E-state index in [4.69, 9.17) is 25.5 Å². The maximum atomic E-state index is 13.7. The SMILES string of the molecule is O=C(NCCOCCOCCCCCCCl)c1ccc(C(=O)[O-])c(-c2c3ccc(=[N+]4CC(F)C4)cc-3oc3cc(N4CC(F)C4)ccc23)c1. The Kier molecular flexibility index (Phi) is 11.4. The topological polar surface area (TPSA) is 107 Å². The van der Waals surface area contributed by atoms with Gasteiger partial charge in [0.2, 0.25) is 11.5 Å². The normalized spacial score (nSPS) is 16.2. The van der Waals surface area contributed by atoms with E-state index in [0.717, 1.165) is 36.7 Å². The van der Waals surface area contributed by atoms with Crippen LogP contribution in [-0.4, -0.2) is 89.3 Å². The summed E-state index contributed by atoms with van der Waals surface area (Å²) in [6, 6.07) is 15.3. The minimum Gasteiger partial charge on any atom is -0.545 e. The number of ether oxygens (including phenoxy) is 2. The number of fused-ring (bicyclic) bond motifs is 2. The zero-order valence-electron chi connectivity index (χ0n) is 27.2. The Balaban J connectivity index is 1.23. The average molecular weight is 696 g/mol. The molecule has 0 spiro atoms. The molecule has 0 bridgehead atoms. The van der Waals surface area contributed by atoms with E-state index in [1.807, 2.05) is 45.9 Å². The molecule has 0 unspecified atom stereocenters. The number of carbonyl (C=O) groups excluding carboxylic acids is 2. The molecule has 2 aromatic carbocycles. The lowest BCUT2D eigenvalue weighted by molar-refractivity contribution is -0.254. The first kappa shape index (κ1) is 34.8. The van der Waals surface area contributed by atoms with Crippen LogP contribution in [0.2, 0.25) is 0 Å². The standard InChI is InChI=1S/C37H40ClF2N3O6/c38-11-3-1-2-4-13-47-15-16-48-14-12-41-36(44)24-5-8-29(37(45)46)32(17-24)35-30-9-6-27(42-20-25(39)21-42)18-33(30)49-34-19-28(7-10-31(34)35)43-22-26(40)23-43/h5-10,17-19,25-26H,1-4,11-16,20-23H2,(H-,41,44,45,46). The maximum absolute atomic E-state index is 13.7. The second kappa shape index (κ2) is 16.1. The summed E-state index contributed by atoms with van der Waals surface area (Å²) in [5.74, 6) is -0.645. The summed E-state index contributed by atoms with van der Waals surface area (Å²) in [7, 11) is 0. The molecule has 2 aromatic rings. The maximum Gasteiger partial charge on any atom is 0.251 e. The van der Waals surface area contributed by atoms with Gasteiger partial charge in [0.25, 0.3) is 5.91 Å². The van der Waals surface area contributed by atoms with E-state index in [-0.39, 0.29) is 61.9 Å². The van der Waals surface area contributed by atoms with Crippen LogP contribution in [-0.2, 0) is 9.47 Å². The lowest BCUT2D eigenvalue weighted by atomic mass is 9.89. The van der Waals surface area contributed by atoms with Gasteiger partial charge >= 0.3 is 0 Å². The van der Waals surface area contributed by atoms with Gasteiger partial charge in [-0.2, -0.15) is 0 Å². The highest BCUT2D eigenvalue weighted by molar-refractivity contribution is 6.17. The molecule has 1 N–H and O–H groups in total. The molecule has 3 heterocycles. The van der Waals surface area contributed by atoms with Crippen molar-refractivity contribution in [1.82, 2.24) is 9.89 Å². The van der Waals surface area contributed by atoms with Crippen molar-refractivity contribution in [2.45, 2.75) is 38.0 Å². The molecule has 6 rings (SSSR count). The highest BCUT2D eigenvalue weighted by Crippen LogP contribution is 2.42. The van der Waals surface area contributed by atoms with E-state index in [1.165, 1.54) is 12.1 Å². The monoisotopic (exact) mass is 695 g/mol. The average Bonchev–Trinajstić information content (AvgIpc) is 3.07. The van der Waals surface area contributed by atoms with Gasteiger partial charge in [0.05, 0.1) is 44.9 Å². The summed E-state index contributed by atoms with van der Waals surface area (Å²) < 4.78 is 46.8. The Labute approximate surface area is 288 Å². The lowest BCUT2D eigenvalue weighted by Gasteiger charge is -2.36. The predicted molar refractivity (Wildman–Crippen MR) is 183 cm³/mol. The van der Waals surface area contributed by atoms with Crippen molar-refractivity contribution in [2.24, 2.45) is 0 Å². The fraction of sp³-hybridized carbons (Fsp3) is 0.432. The van der Waals surface area contributed by atoms with E-state index < -0.39 is 18.3 Å². The number of nitrogens with zero attached hydrogens (tertiary/aromatic N) is 2. The van der Waals surface area contributed by atoms with Crippen LogP contribution in [0.1, 0.15) is 46.4 Å². The quantitative estimate of drug-likeness (QED) is 0.0801. The van der Waals surface area contributed by atoms with E-state index in [0.29, 0.717) is 53.6 Å². The Bertz CT molecular complexity index is 1830. The molecule has 4 aliphatic rings. The third kappa shape index (κ3) is 8.22. The molecule has 1 aliphatic carbocycles. The van der Waals surface area contributed by atoms with Crippen LogP contribution in [0, 0.1) is 0 Å². The van der Waals surface area contributed by atoms with Gasteiger partial charge in [-0.15, -0.1) is 11.6 Å². The van der Waals surface area contributed by atoms with Gasteiger partial charge in [0, 0.05) is 64.5 Å². The molecule has 260 valence electrons. The molecule has 9 nitrogen and oxygen atoms in total. The Morgan fingerprint density at radius 2 is 1.67 bits per heavy atom. The van der Waals surface area contributed by atoms with Gasteiger partial charge in [0.15, 0.2) is 13.1 Å². The second-order valence-electron chi connectivity index (χ2n) is 12.5. The lowest BCUT2D eigenvalue weighted by Crippen LogP contribution is -2.50. The van der Waals surface area contributed by atoms with Crippen molar-refractivity contribution in [1.29, 1.82) is 0 Å². The Hall–Kier alpha value is -4.06. The van der Waals surface area contributed by atoms with Crippen LogP contribution in [0.3, 0.4) is 0 Å². The van der Waals surface area contributed by atoms with Gasteiger partial charge < -0.3 is 34.0 Å². The van der Waals surface area contributed by atoms with Gasteiger partial charge in [-0.3, -0.25) is 4.79 Å². The van der Waals surface area contributed by atoms with Crippen molar-refractivity contribution in [2.75, 3.05) is 69.9 Å². The number of carboxylic acids is 1. The molecule has 2 saturated heterocycles. The number of amides is 1. The van der Waals surface area contributed by atoms with E-state index >= 15 is 0 Å². The molecule has 0 radical (unpaired) electrons. The number of nitrogens with one attached hydrogen (secondary N) is 1. The number of carbonyl (C=O) groups is 2. The number of benzene rings is 3. The number of carboxylic acid groups (broad SMARTS) is 1. The number of unbranched alkanes of at least 4 members (excludes halogenated alkanes) is 3. The minimum absolute atomic E-state index is 0.0908. The van der Waals surface area contributed by atoms with Gasteiger partial charge in [0.1, 0.15) is 17.5 Å². The summed E-state index contributed by atoms with van der Waals surface area (Å²) >= 11 is 5.69. The zero-order valence-corrected chi connectivity index (χ0v) is 28.0. The van der Waals surface area contributed by atoms with Crippen molar-refractivity contribution < 1.29 is 37.4 Å². The number of rotatable bonds is 16. The molecular weight excluding hydrogens is 656 g/mol. The van der Waals surface area contributed by atoms with E-state index in [9.17, 15) is 23.5 Å². The summed E-state index contributed by atoms with van der Waals surface area (Å²) in [5.41, 5.74) is 2.84. The smallest absolute Gasteiger partial charge is 0.251 e. The van der Waals surface area contributed by atoms with Crippen LogP contribution >= 0.6 is 11.6 Å². The number of aromatic carboxylic acids is 1. The molecule has 2 fully saturated rings. The third-order valence-electron chi connectivity index (χ3n) is 8.94. The molecule has 3 aliphatic heterocycles. The van der Waals surface area contributed by atoms with Gasteiger partial charge in [-0.25, -0.2) is 13.4 Å². The first-order valence-corrected chi connectivity index (χ1v) is 17.3. The molecule has 0 atom stereocenters. The Morgan fingerprint density at radius 3 is 2.41 bits per heavy atom. The minimum atomic E-state index is -1.40. The third-order valence-corrected chi connectivity index (χ3v) is 9.21. The molecule has 0 aromatic heterocycles. The highest BCUT2D eigenvalue weighted by atomic mass is 35.5. The van der Waals surface area contributed by atoms with Crippen molar-refractivity contribution in [3.05, 3.63) is 71.1 Å². The molecule has 49 heavy (non-hydrogen) atoms. The van der Waals surface area contributed by atoms with Crippen LogP contribution in [0.15, 0.2) is 59.0 Å². The van der Waals surface area contributed by atoms with E-state index in [1.54, 1.807) is 6.07 Å². The molecule has 12 heteroatoms. The van der Waals surface area contributed by atoms with Crippen molar-refractivity contribution >= 4 is 40.1 Å². The van der Waals surface area contributed by atoms with E-state index in [2.05, 4.69) is 5.32 Å². The number of anilines is 1. The summed E-state index contributed by atoms with van der Waals surface area (Å²) in [6.07, 6.45) is 2.38. The van der Waals surface area contributed by atoms with Crippen LogP contribution < -0.4 is 25.3 Å². The molecule has 1 amide bonds. The number of hydrogen-bond donors (Lipinski definition) is 1. The van der Waals surface area contributed by atoms with Gasteiger partial charge in [-0.05, 0) is 48.7 Å². The first-order valence-electron chi connectivity index (χ1n) is 16.8. The first-order chi connectivity index (χ1) is 23.8. The summed E-state index contributed by atoms with van der Waals surface area (Å²) in [6.45, 7) is 3.18. The number of hydrogen-bond acceptors (Lipinski definition) is 7. The zero-order chi connectivity index (χ0) is 34.3. The summed E-state index contributed by atoms with van der Waals surface area (Å²) in [5, 5.41) is 16.7. The summed E-state index contributed by atoms with van der Waals surface area (Å²) in [4.78, 5) is 27.6. The van der Waals surface area contributed by atoms with Crippen molar-refractivity contribution in [3.8, 4) is 22.5 Å². The van der Waals surface area contributed by atoms with Crippen LogP contribution in [0.5, 0.6) is 0 Å². The fourth-order valence-electron chi connectivity index (χ4n) is 6.21. The largest absolute Gasteiger partial charge is 0.545 e. The molecular formula is C37H40ClF2N3O6. The number of halogens is 3. The van der Waals surface area contributed by atoms with Crippen molar-refractivity contribution in [3.63, 3.8) is 0 Å². The van der Waals surface area contributed by atoms with Gasteiger partial charge in [-0.1, -0.05) is 18.9 Å². The fourth-order valence-corrected chi connectivity index (χ4v) is 6.39. The highest BCUT2D eigenvalue weighted by Gasteiger charge is 2.32.